The van der Waals surface area contributed by atoms with Crippen molar-refractivity contribution in [3.63, 3.8) is 0 Å². The van der Waals surface area contributed by atoms with Gasteiger partial charge in [0.05, 0.1) is 11.4 Å². The maximum atomic E-state index is 4.16. The molecule has 3 nitrogen and oxygen atoms in total. The van der Waals surface area contributed by atoms with Gasteiger partial charge in [0.15, 0.2) is 0 Å². The molecule has 3 heteroatoms. The molecule has 1 aliphatic heterocycles. The lowest BCUT2D eigenvalue weighted by molar-refractivity contribution is 0.367. The molecule has 66 valence electrons. The molecule has 12 heavy (non-hydrogen) atoms. The van der Waals surface area contributed by atoms with Crippen molar-refractivity contribution in [1.29, 1.82) is 0 Å². The second-order valence-electron chi connectivity index (χ2n) is 3.66. The monoisotopic (exact) mass is 165 g/mol. The van der Waals surface area contributed by atoms with E-state index in [2.05, 4.69) is 28.8 Å². The first-order chi connectivity index (χ1) is 5.81. The number of hydrogen-bond acceptors (Lipinski definition) is 2. The van der Waals surface area contributed by atoms with Crippen molar-refractivity contribution in [2.24, 2.45) is 5.92 Å². The molecule has 0 amide bonds. The molecule has 2 rings (SSSR count). The van der Waals surface area contributed by atoms with Crippen molar-refractivity contribution < 1.29 is 0 Å². The highest BCUT2D eigenvalue weighted by Crippen LogP contribution is 2.20. The van der Waals surface area contributed by atoms with Crippen LogP contribution in [0.4, 0.5) is 0 Å². The van der Waals surface area contributed by atoms with E-state index in [9.17, 15) is 0 Å². The van der Waals surface area contributed by atoms with E-state index in [1.807, 2.05) is 0 Å². The number of fused-ring (bicyclic) bond motifs is 1. The van der Waals surface area contributed by atoms with Crippen LogP contribution in [-0.4, -0.2) is 15.0 Å². The molecular formula is C9H15N3. The van der Waals surface area contributed by atoms with E-state index < -0.39 is 0 Å². The summed E-state index contributed by atoms with van der Waals surface area (Å²) in [5.74, 6) is 0.768. The van der Waals surface area contributed by atoms with Gasteiger partial charge in [0, 0.05) is 6.54 Å². The summed E-state index contributed by atoms with van der Waals surface area (Å²) in [6.07, 6.45) is 3.47. The van der Waals surface area contributed by atoms with Crippen LogP contribution in [0.25, 0.3) is 0 Å². The molecule has 0 spiro atoms. The molecule has 1 atom stereocenters. The fourth-order valence-corrected chi connectivity index (χ4v) is 1.83. The molecule has 0 aliphatic carbocycles. The summed E-state index contributed by atoms with van der Waals surface area (Å²) in [7, 11) is 0. The molecule has 0 bridgehead atoms. The van der Waals surface area contributed by atoms with Gasteiger partial charge in [0.1, 0.15) is 0 Å². The third-order valence-electron chi connectivity index (χ3n) is 2.61. The highest BCUT2D eigenvalue weighted by Gasteiger charge is 2.18. The third-order valence-corrected chi connectivity index (χ3v) is 2.61. The van der Waals surface area contributed by atoms with E-state index in [1.54, 1.807) is 0 Å². The highest BCUT2D eigenvalue weighted by atomic mass is 15.4. The van der Waals surface area contributed by atoms with Crippen LogP contribution in [0.5, 0.6) is 0 Å². The number of hydrogen-bond donors (Lipinski definition) is 0. The SMILES string of the molecule is CCc1nnn2c1CCC(C)C2. The van der Waals surface area contributed by atoms with Crippen LogP contribution in [0.2, 0.25) is 0 Å². The Balaban J connectivity index is 2.32. The van der Waals surface area contributed by atoms with Crippen molar-refractivity contribution in [3.8, 4) is 0 Å². The van der Waals surface area contributed by atoms with Crippen molar-refractivity contribution in [1.82, 2.24) is 15.0 Å². The normalized spacial score (nSPS) is 22.3. The van der Waals surface area contributed by atoms with E-state index in [0.717, 1.165) is 25.3 Å². The molecule has 0 fully saturated rings. The Morgan fingerprint density at radius 3 is 3.17 bits per heavy atom. The first-order valence-electron chi connectivity index (χ1n) is 4.72. The number of aromatic nitrogens is 3. The first-order valence-corrected chi connectivity index (χ1v) is 4.72. The number of aryl methyl sites for hydroxylation is 1. The lowest BCUT2D eigenvalue weighted by Crippen LogP contribution is -2.19. The summed E-state index contributed by atoms with van der Waals surface area (Å²) in [4.78, 5) is 0. The van der Waals surface area contributed by atoms with E-state index >= 15 is 0 Å². The lowest BCUT2D eigenvalue weighted by Gasteiger charge is -2.19. The van der Waals surface area contributed by atoms with Gasteiger partial charge in [-0.15, -0.1) is 5.10 Å². The third kappa shape index (κ3) is 1.13. The van der Waals surface area contributed by atoms with Gasteiger partial charge in [-0.05, 0) is 25.2 Å². The van der Waals surface area contributed by atoms with Gasteiger partial charge in [-0.1, -0.05) is 19.1 Å². The van der Waals surface area contributed by atoms with E-state index in [0.29, 0.717) is 0 Å². The van der Waals surface area contributed by atoms with Crippen molar-refractivity contribution >= 4 is 0 Å². The first kappa shape index (κ1) is 7.77. The van der Waals surface area contributed by atoms with Gasteiger partial charge in [-0.3, -0.25) is 0 Å². The number of rotatable bonds is 1. The zero-order valence-electron chi connectivity index (χ0n) is 7.75. The molecule has 0 radical (unpaired) electrons. The Morgan fingerprint density at radius 1 is 1.58 bits per heavy atom. The average Bonchev–Trinajstić information content (AvgIpc) is 2.46. The maximum Gasteiger partial charge on any atom is 0.0856 e. The summed E-state index contributed by atoms with van der Waals surface area (Å²) in [5, 5.41) is 8.31. The predicted octanol–water partition coefficient (Wildman–Crippen LogP) is 1.42. The van der Waals surface area contributed by atoms with Crippen molar-refractivity contribution in [2.45, 2.75) is 39.7 Å². The minimum atomic E-state index is 0.768. The van der Waals surface area contributed by atoms with Gasteiger partial charge < -0.3 is 0 Å². The molecule has 0 saturated carbocycles. The van der Waals surface area contributed by atoms with Crippen molar-refractivity contribution in [3.05, 3.63) is 11.4 Å². The molecule has 0 saturated heterocycles. The molecule has 0 aromatic carbocycles. The Kier molecular flexibility index (Phi) is 1.87. The van der Waals surface area contributed by atoms with Gasteiger partial charge in [-0.25, -0.2) is 4.68 Å². The second-order valence-corrected chi connectivity index (χ2v) is 3.66. The molecule has 2 heterocycles. The molecular weight excluding hydrogens is 150 g/mol. The van der Waals surface area contributed by atoms with Gasteiger partial charge in [0.2, 0.25) is 0 Å². The zero-order valence-corrected chi connectivity index (χ0v) is 7.75. The Hall–Kier alpha value is -0.860. The van der Waals surface area contributed by atoms with Crippen LogP contribution < -0.4 is 0 Å². The fraction of sp³-hybridized carbons (Fsp3) is 0.778. The number of nitrogens with zero attached hydrogens (tertiary/aromatic N) is 3. The van der Waals surface area contributed by atoms with Crippen LogP contribution in [0.3, 0.4) is 0 Å². The quantitative estimate of drug-likeness (QED) is 0.630. The highest BCUT2D eigenvalue weighted by molar-refractivity contribution is 5.11. The van der Waals surface area contributed by atoms with Gasteiger partial charge in [0.25, 0.3) is 0 Å². The lowest BCUT2D eigenvalue weighted by atomic mass is 9.99. The molecule has 1 aromatic heterocycles. The standard InChI is InChI=1S/C9H15N3/c1-3-8-9-5-4-7(2)6-12(9)11-10-8/h7H,3-6H2,1-2H3. The smallest absolute Gasteiger partial charge is 0.0856 e. The molecule has 1 unspecified atom stereocenters. The van der Waals surface area contributed by atoms with Crippen molar-refractivity contribution in [2.75, 3.05) is 0 Å². The zero-order chi connectivity index (χ0) is 8.55. The van der Waals surface area contributed by atoms with E-state index in [1.165, 1.54) is 17.8 Å². The minimum absolute atomic E-state index is 0.768. The predicted molar refractivity (Wildman–Crippen MR) is 46.9 cm³/mol. The molecule has 1 aliphatic rings. The summed E-state index contributed by atoms with van der Waals surface area (Å²) in [6.45, 7) is 5.47. The van der Waals surface area contributed by atoms with Crippen LogP contribution >= 0.6 is 0 Å². The summed E-state index contributed by atoms with van der Waals surface area (Å²) in [6, 6.07) is 0. The summed E-state index contributed by atoms with van der Waals surface area (Å²) < 4.78 is 2.08. The topological polar surface area (TPSA) is 30.7 Å². The average molecular weight is 165 g/mol. The van der Waals surface area contributed by atoms with Crippen LogP contribution in [0, 0.1) is 5.92 Å². The minimum Gasteiger partial charge on any atom is -0.249 e. The van der Waals surface area contributed by atoms with Gasteiger partial charge in [-0.2, -0.15) is 0 Å². The molecule has 1 aromatic rings. The fourth-order valence-electron chi connectivity index (χ4n) is 1.83. The largest absolute Gasteiger partial charge is 0.249 e. The van der Waals surface area contributed by atoms with E-state index in [-0.39, 0.29) is 0 Å². The Bertz CT molecular complexity index is 277. The van der Waals surface area contributed by atoms with Crippen LogP contribution in [0.1, 0.15) is 31.7 Å². The van der Waals surface area contributed by atoms with Crippen LogP contribution in [0.15, 0.2) is 0 Å². The Labute approximate surface area is 72.8 Å². The summed E-state index contributed by atoms with van der Waals surface area (Å²) >= 11 is 0. The van der Waals surface area contributed by atoms with Gasteiger partial charge >= 0.3 is 0 Å². The Morgan fingerprint density at radius 2 is 2.42 bits per heavy atom. The van der Waals surface area contributed by atoms with E-state index in [4.69, 9.17) is 0 Å². The van der Waals surface area contributed by atoms with Crippen LogP contribution in [-0.2, 0) is 19.4 Å². The maximum absolute atomic E-state index is 4.16. The summed E-state index contributed by atoms with van der Waals surface area (Å²) in [5.41, 5.74) is 2.57. The second kappa shape index (κ2) is 2.88. The molecule has 0 N–H and O–H groups in total.